The zero-order chi connectivity index (χ0) is 27.4. The van der Waals surface area contributed by atoms with Gasteiger partial charge in [0.15, 0.2) is 10.9 Å². The number of carbonyl (C=O) groups excluding carboxylic acids is 2. The van der Waals surface area contributed by atoms with Crippen molar-refractivity contribution in [3.63, 3.8) is 0 Å². The van der Waals surface area contributed by atoms with Crippen LogP contribution in [0.15, 0.2) is 70.6 Å². The second-order valence-corrected chi connectivity index (χ2v) is 10.7. The topological polar surface area (TPSA) is 81.1 Å². The molecule has 0 saturated heterocycles. The Labute approximate surface area is 225 Å². The fraction of sp³-hybridized carbons (Fsp3) is 0.267. The van der Waals surface area contributed by atoms with Gasteiger partial charge in [0, 0.05) is 17.7 Å². The van der Waals surface area contributed by atoms with Crippen molar-refractivity contribution in [2.24, 2.45) is 5.92 Å². The number of aryl methyl sites for hydroxylation is 2. The Morgan fingerprint density at radius 1 is 1.05 bits per heavy atom. The molecule has 0 aliphatic rings. The maximum absolute atomic E-state index is 14.1. The van der Waals surface area contributed by atoms with Crippen molar-refractivity contribution < 1.29 is 14.0 Å². The minimum atomic E-state index is -0.495. The first-order valence-corrected chi connectivity index (χ1v) is 13.5. The summed E-state index contributed by atoms with van der Waals surface area (Å²) < 4.78 is 15.4. The first kappa shape index (κ1) is 27.3. The highest BCUT2D eigenvalue weighted by Crippen LogP contribution is 2.24. The van der Waals surface area contributed by atoms with Crippen molar-refractivity contribution in [2.75, 3.05) is 12.3 Å². The Morgan fingerprint density at radius 2 is 1.84 bits per heavy atom. The molecular weight excluding hydrogens is 501 g/mol. The van der Waals surface area contributed by atoms with Crippen LogP contribution in [0.4, 0.5) is 4.39 Å². The first-order valence-electron chi connectivity index (χ1n) is 12.5. The van der Waals surface area contributed by atoms with Crippen molar-refractivity contribution in [1.29, 1.82) is 0 Å². The summed E-state index contributed by atoms with van der Waals surface area (Å²) >= 11 is 1.10. The molecule has 196 valence electrons. The van der Waals surface area contributed by atoms with E-state index in [1.165, 1.54) is 22.8 Å². The average Bonchev–Trinajstić information content (AvgIpc) is 2.88. The molecule has 1 aromatic heterocycles. The van der Waals surface area contributed by atoms with Gasteiger partial charge in [-0.05, 0) is 74.2 Å². The van der Waals surface area contributed by atoms with E-state index in [2.05, 4.69) is 24.1 Å². The number of nitrogens with one attached hydrogen (secondary N) is 1. The molecule has 0 aliphatic carbocycles. The molecule has 3 aromatic carbocycles. The molecule has 0 atom stereocenters. The highest BCUT2D eigenvalue weighted by Gasteiger charge is 2.18. The van der Waals surface area contributed by atoms with Crippen LogP contribution in [-0.2, 0) is 0 Å². The number of hydrogen-bond acceptors (Lipinski definition) is 5. The molecular formula is C30H30FN3O3S. The largest absolute Gasteiger partial charge is 0.352 e. The highest BCUT2D eigenvalue weighted by atomic mass is 32.2. The zero-order valence-corrected chi connectivity index (χ0v) is 22.7. The number of fused-ring (bicyclic) bond motifs is 1. The van der Waals surface area contributed by atoms with Gasteiger partial charge >= 0.3 is 0 Å². The minimum absolute atomic E-state index is 0.0347. The number of hydrogen-bond donors (Lipinski definition) is 1. The number of Topliss-reactive ketones (excluding diaryl/α,β-unsaturated/α-hetero) is 1. The van der Waals surface area contributed by atoms with E-state index in [-0.39, 0.29) is 28.0 Å². The van der Waals surface area contributed by atoms with E-state index >= 15 is 0 Å². The van der Waals surface area contributed by atoms with Crippen LogP contribution in [0.2, 0.25) is 0 Å². The number of amides is 1. The summed E-state index contributed by atoms with van der Waals surface area (Å²) in [6.07, 6.45) is 0.852. The predicted molar refractivity (Wildman–Crippen MR) is 150 cm³/mol. The van der Waals surface area contributed by atoms with Gasteiger partial charge < -0.3 is 5.32 Å². The van der Waals surface area contributed by atoms with Crippen LogP contribution in [-0.4, -0.2) is 33.5 Å². The molecule has 4 aromatic rings. The molecule has 1 heterocycles. The Balaban J connectivity index is 1.74. The van der Waals surface area contributed by atoms with E-state index in [4.69, 9.17) is 0 Å². The molecule has 0 spiro atoms. The van der Waals surface area contributed by atoms with Gasteiger partial charge in [-0.3, -0.25) is 19.0 Å². The van der Waals surface area contributed by atoms with Crippen molar-refractivity contribution in [2.45, 2.75) is 39.3 Å². The first-order chi connectivity index (χ1) is 18.1. The Morgan fingerprint density at radius 3 is 2.58 bits per heavy atom. The van der Waals surface area contributed by atoms with E-state index in [0.717, 1.165) is 29.3 Å². The second kappa shape index (κ2) is 11.7. The maximum Gasteiger partial charge on any atom is 0.266 e. The summed E-state index contributed by atoms with van der Waals surface area (Å²) in [6, 6.07) is 16.1. The highest BCUT2D eigenvalue weighted by molar-refractivity contribution is 7.99. The molecule has 6 nitrogen and oxygen atoms in total. The smallest absolute Gasteiger partial charge is 0.266 e. The fourth-order valence-electron chi connectivity index (χ4n) is 4.07. The number of benzene rings is 3. The lowest BCUT2D eigenvalue weighted by molar-refractivity contribution is 0.0951. The molecule has 38 heavy (non-hydrogen) atoms. The normalized spacial score (nSPS) is 11.2. The second-order valence-electron chi connectivity index (χ2n) is 9.72. The number of halogens is 1. The summed E-state index contributed by atoms with van der Waals surface area (Å²) in [5.74, 6) is -0.351. The average molecular weight is 532 g/mol. The van der Waals surface area contributed by atoms with Crippen LogP contribution >= 0.6 is 11.8 Å². The third-order valence-electron chi connectivity index (χ3n) is 6.20. The molecule has 4 rings (SSSR count). The molecule has 0 aliphatic heterocycles. The van der Waals surface area contributed by atoms with Crippen LogP contribution in [0.1, 0.15) is 52.1 Å². The van der Waals surface area contributed by atoms with E-state index in [0.29, 0.717) is 34.8 Å². The van der Waals surface area contributed by atoms with E-state index in [1.807, 2.05) is 32.0 Å². The lowest BCUT2D eigenvalue weighted by Crippen LogP contribution is -2.26. The molecule has 1 N–H and O–H groups in total. The molecule has 0 saturated carbocycles. The Hall–Kier alpha value is -3.78. The molecule has 0 unspecified atom stereocenters. The quantitative estimate of drug-likeness (QED) is 0.165. The summed E-state index contributed by atoms with van der Waals surface area (Å²) in [7, 11) is 0. The van der Waals surface area contributed by atoms with Gasteiger partial charge in [-0.2, -0.15) is 0 Å². The summed E-state index contributed by atoms with van der Waals surface area (Å²) in [5.41, 5.74) is 3.07. The van der Waals surface area contributed by atoms with Gasteiger partial charge in [-0.25, -0.2) is 9.37 Å². The number of nitrogens with zero attached hydrogens (tertiary/aromatic N) is 2. The number of rotatable bonds is 9. The van der Waals surface area contributed by atoms with Crippen LogP contribution in [0.25, 0.3) is 16.6 Å². The van der Waals surface area contributed by atoms with Gasteiger partial charge in [0.2, 0.25) is 0 Å². The van der Waals surface area contributed by atoms with Crippen molar-refractivity contribution >= 4 is 34.4 Å². The molecule has 0 bridgehead atoms. The Kier molecular flexibility index (Phi) is 8.42. The summed E-state index contributed by atoms with van der Waals surface area (Å²) in [6.45, 7) is 8.51. The van der Waals surface area contributed by atoms with Gasteiger partial charge in [-0.1, -0.05) is 49.4 Å². The minimum Gasteiger partial charge on any atom is -0.352 e. The molecule has 8 heteroatoms. The number of carbonyl (C=O) groups is 2. The van der Waals surface area contributed by atoms with Crippen LogP contribution < -0.4 is 10.9 Å². The fourth-order valence-corrected chi connectivity index (χ4v) is 4.96. The molecule has 0 fully saturated rings. The number of aromatic nitrogens is 2. The van der Waals surface area contributed by atoms with Crippen molar-refractivity contribution in [3.8, 4) is 5.69 Å². The maximum atomic E-state index is 14.1. The van der Waals surface area contributed by atoms with Gasteiger partial charge in [-0.15, -0.1) is 0 Å². The van der Waals surface area contributed by atoms with Crippen molar-refractivity contribution in [1.82, 2.24) is 14.9 Å². The Bertz CT molecular complexity index is 1580. The van der Waals surface area contributed by atoms with E-state index in [9.17, 15) is 18.8 Å². The predicted octanol–water partition coefficient (Wildman–Crippen LogP) is 5.89. The third-order valence-corrected chi connectivity index (χ3v) is 7.14. The molecule has 1 amide bonds. The van der Waals surface area contributed by atoms with Gasteiger partial charge in [0.1, 0.15) is 5.82 Å². The third kappa shape index (κ3) is 6.19. The van der Waals surface area contributed by atoms with Crippen LogP contribution in [0, 0.1) is 25.6 Å². The molecule has 0 radical (unpaired) electrons. The van der Waals surface area contributed by atoms with Crippen LogP contribution in [0.3, 0.4) is 0 Å². The lowest BCUT2D eigenvalue weighted by atomic mass is 10.0. The van der Waals surface area contributed by atoms with Crippen molar-refractivity contribution in [3.05, 3.63) is 99.1 Å². The summed E-state index contributed by atoms with van der Waals surface area (Å²) in [4.78, 5) is 44.0. The van der Waals surface area contributed by atoms with E-state index < -0.39 is 11.4 Å². The van der Waals surface area contributed by atoms with Crippen LogP contribution in [0.5, 0.6) is 0 Å². The van der Waals surface area contributed by atoms with Gasteiger partial charge in [0.25, 0.3) is 11.5 Å². The van der Waals surface area contributed by atoms with Gasteiger partial charge in [0.05, 0.1) is 22.3 Å². The summed E-state index contributed by atoms with van der Waals surface area (Å²) in [5, 5.41) is 3.42. The van der Waals surface area contributed by atoms with E-state index in [1.54, 1.807) is 24.3 Å². The zero-order valence-electron chi connectivity index (χ0n) is 21.9. The number of ketones is 1. The monoisotopic (exact) mass is 531 g/mol. The SMILES string of the molecule is Cc1ccc(C)c(C(=O)CSc2nc3cc(C(=O)NCCC(C)C)ccc3c(=O)n2-c2cccc(F)c2)c1. The number of thioether (sulfide) groups is 1. The lowest BCUT2D eigenvalue weighted by Gasteiger charge is -2.14. The standard InChI is InChI=1S/C30H30FN3O3S/c1-18(2)12-13-32-28(36)21-10-11-24-26(15-21)33-30(34(29(24)37)23-7-5-6-22(31)16-23)38-17-27(35)25-14-19(3)8-9-20(25)4/h5-11,14-16,18H,12-13,17H2,1-4H3,(H,32,36).